The number of fused-ring (bicyclic) bond motifs is 1. The SMILES string of the molecule is C=CC(=C)Nc1cc2c(Nc3ccc(F)c(Cl)c3)ncnc2cc1OC. The van der Waals surface area contributed by atoms with Crippen LogP contribution in [-0.2, 0) is 0 Å². The average molecular weight is 371 g/mol. The van der Waals surface area contributed by atoms with Crippen LogP contribution in [0.4, 0.5) is 21.6 Å². The van der Waals surface area contributed by atoms with Gasteiger partial charge in [0.15, 0.2) is 0 Å². The maximum Gasteiger partial charge on any atom is 0.144 e. The minimum atomic E-state index is -0.482. The van der Waals surface area contributed by atoms with E-state index in [-0.39, 0.29) is 5.02 Å². The Kier molecular flexibility index (Phi) is 5.04. The number of rotatable bonds is 6. The van der Waals surface area contributed by atoms with Crippen molar-refractivity contribution in [1.82, 2.24) is 9.97 Å². The number of nitrogens with zero attached hydrogens (tertiary/aromatic N) is 2. The Morgan fingerprint density at radius 2 is 2.08 bits per heavy atom. The molecule has 2 N–H and O–H groups in total. The summed E-state index contributed by atoms with van der Waals surface area (Å²) in [5, 5.41) is 7.02. The van der Waals surface area contributed by atoms with Crippen LogP contribution >= 0.6 is 11.6 Å². The van der Waals surface area contributed by atoms with Crippen LogP contribution in [0.3, 0.4) is 0 Å². The van der Waals surface area contributed by atoms with E-state index in [2.05, 4.69) is 33.8 Å². The van der Waals surface area contributed by atoms with E-state index in [0.29, 0.717) is 34.2 Å². The maximum atomic E-state index is 13.4. The van der Waals surface area contributed by atoms with E-state index in [1.54, 1.807) is 25.3 Å². The second-order valence-corrected chi connectivity index (χ2v) is 5.81. The molecule has 0 aliphatic rings. The molecular weight excluding hydrogens is 355 g/mol. The summed E-state index contributed by atoms with van der Waals surface area (Å²) in [7, 11) is 1.57. The summed E-state index contributed by atoms with van der Waals surface area (Å²) in [5.74, 6) is 0.673. The molecule has 7 heteroatoms. The molecule has 0 aliphatic heterocycles. The molecule has 0 fully saturated rings. The fourth-order valence-electron chi connectivity index (χ4n) is 2.38. The van der Waals surface area contributed by atoms with Gasteiger partial charge in [-0.15, -0.1) is 0 Å². The number of nitrogens with one attached hydrogen (secondary N) is 2. The highest BCUT2D eigenvalue weighted by atomic mass is 35.5. The van der Waals surface area contributed by atoms with Gasteiger partial charge >= 0.3 is 0 Å². The number of anilines is 3. The van der Waals surface area contributed by atoms with Crippen molar-refractivity contribution in [2.45, 2.75) is 0 Å². The molecule has 3 aromatic rings. The normalized spacial score (nSPS) is 10.4. The third kappa shape index (κ3) is 3.60. The lowest BCUT2D eigenvalue weighted by Gasteiger charge is -2.14. The van der Waals surface area contributed by atoms with Crippen molar-refractivity contribution in [2.24, 2.45) is 0 Å². The lowest BCUT2D eigenvalue weighted by Crippen LogP contribution is -2.01. The van der Waals surface area contributed by atoms with Gasteiger partial charge in [-0.3, -0.25) is 0 Å². The van der Waals surface area contributed by atoms with Crippen LogP contribution in [0.2, 0.25) is 5.02 Å². The van der Waals surface area contributed by atoms with Crippen LogP contribution in [0.5, 0.6) is 5.75 Å². The van der Waals surface area contributed by atoms with Gasteiger partial charge in [0.2, 0.25) is 0 Å². The molecule has 5 nitrogen and oxygen atoms in total. The predicted molar refractivity (Wildman–Crippen MR) is 104 cm³/mol. The molecule has 26 heavy (non-hydrogen) atoms. The zero-order valence-electron chi connectivity index (χ0n) is 14.0. The largest absolute Gasteiger partial charge is 0.494 e. The highest BCUT2D eigenvalue weighted by Crippen LogP contribution is 2.34. The molecule has 0 atom stereocenters. The number of halogens is 2. The first-order valence-corrected chi connectivity index (χ1v) is 8.03. The zero-order chi connectivity index (χ0) is 18.7. The van der Waals surface area contributed by atoms with Crippen LogP contribution in [-0.4, -0.2) is 17.1 Å². The standard InChI is InChI=1S/C19H16ClFN4O/c1-4-11(2)24-17-8-13-16(9-18(17)26-3)22-10-23-19(13)25-12-5-6-15(21)14(20)7-12/h4-10,24H,1-2H2,3H3,(H,22,23,25). The number of allylic oxidation sites excluding steroid dienone is 1. The van der Waals surface area contributed by atoms with Crippen LogP contribution in [0.25, 0.3) is 10.9 Å². The predicted octanol–water partition coefficient (Wildman–Crippen LogP) is 5.29. The van der Waals surface area contributed by atoms with E-state index >= 15 is 0 Å². The molecule has 0 bridgehead atoms. The van der Waals surface area contributed by atoms with Crippen molar-refractivity contribution in [1.29, 1.82) is 0 Å². The first kappa shape index (κ1) is 17.7. The Morgan fingerprint density at radius 1 is 1.27 bits per heavy atom. The summed E-state index contributed by atoms with van der Waals surface area (Å²) < 4.78 is 18.8. The van der Waals surface area contributed by atoms with Gasteiger partial charge in [0.25, 0.3) is 0 Å². The second-order valence-electron chi connectivity index (χ2n) is 5.40. The van der Waals surface area contributed by atoms with Crippen LogP contribution in [0, 0.1) is 5.82 Å². The van der Waals surface area contributed by atoms with Gasteiger partial charge in [-0.1, -0.05) is 24.8 Å². The Bertz CT molecular complexity index is 1010. The number of hydrogen-bond acceptors (Lipinski definition) is 5. The minimum Gasteiger partial charge on any atom is -0.494 e. The summed E-state index contributed by atoms with van der Waals surface area (Å²) in [6.07, 6.45) is 3.04. The van der Waals surface area contributed by atoms with E-state index in [1.807, 2.05) is 6.07 Å². The smallest absolute Gasteiger partial charge is 0.144 e. The molecule has 0 saturated carbocycles. The van der Waals surface area contributed by atoms with Gasteiger partial charge in [0.05, 0.1) is 23.3 Å². The molecule has 0 unspecified atom stereocenters. The Labute approximate surface area is 155 Å². The van der Waals surface area contributed by atoms with E-state index in [9.17, 15) is 4.39 Å². The molecule has 1 heterocycles. The Hall–Kier alpha value is -3.12. The molecule has 0 saturated heterocycles. The first-order chi connectivity index (χ1) is 12.5. The summed E-state index contributed by atoms with van der Waals surface area (Å²) >= 11 is 5.84. The molecule has 1 aromatic heterocycles. The summed E-state index contributed by atoms with van der Waals surface area (Å²) in [5.41, 5.74) is 2.61. The van der Waals surface area contributed by atoms with Crippen LogP contribution in [0.1, 0.15) is 0 Å². The van der Waals surface area contributed by atoms with Gasteiger partial charge < -0.3 is 15.4 Å². The van der Waals surface area contributed by atoms with Crippen molar-refractivity contribution in [3.63, 3.8) is 0 Å². The monoisotopic (exact) mass is 370 g/mol. The van der Waals surface area contributed by atoms with E-state index in [0.717, 1.165) is 5.39 Å². The van der Waals surface area contributed by atoms with Gasteiger partial charge in [-0.05, 0) is 30.3 Å². The third-order valence-electron chi connectivity index (χ3n) is 3.68. The van der Waals surface area contributed by atoms with Gasteiger partial charge in [0, 0.05) is 22.8 Å². The highest BCUT2D eigenvalue weighted by Gasteiger charge is 2.11. The second kappa shape index (κ2) is 7.41. The molecule has 0 aliphatic carbocycles. The zero-order valence-corrected chi connectivity index (χ0v) is 14.8. The lowest BCUT2D eigenvalue weighted by atomic mass is 10.1. The Balaban J connectivity index is 2.07. The topological polar surface area (TPSA) is 59.1 Å². The number of methoxy groups -OCH3 is 1. The number of ether oxygens (including phenoxy) is 1. The Morgan fingerprint density at radius 3 is 2.77 bits per heavy atom. The number of hydrogen-bond donors (Lipinski definition) is 2. The van der Waals surface area contributed by atoms with Gasteiger partial charge in [0.1, 0.15) is 23.7 Å². The molecule has 0 spiro atoms. The summed E-state index contributed by atoms with van der Waals surface area (Å²) in [4.78, 5) is 8.56. The van der Waals surface area contributed by atoms with Crippen molar-refractivity contribution in [3.8, 4) is 5.75 Å². The highest BCUT2D eigenvalue weighted by molar-refractivity contribution is 6.31. The quantitative estimate of drug-likeness (QED) is 0.577. The van der Waals surface area contributed by atoms with Crippen molar-refractivity contribution in [2.75, 3.05) is 17.7 Å². The molecular formula is C19H16ClFN4O. The van der Waals surface area contributed by atoms with E-state index in [4.69, 9.17) is 16.3 Å². The number of benzene rings is 2. The van der Waals surface area contributed by atoms with Crippen LogP contribution in [0.15, 0.2) is 61.6 Å². The fraction of sp³-hybridized carbons (Fsp3) is 0.0526. The molecule has 132 valence electrons. The molecule has 0 amide bonds. The van der Waals surface area contributed by atoms with Crippen molar-refractivity contribution < 1.29 is 9.13 Å². The molecule has 2 aromatic carbocycles. The summed E-state index contributed by atoms with van der Waals surface area (Å²) in [6, 6.07) is 8.00. The summed E-state index contributed by atoms with van der Waals surface area (Å²) in [6.45, 7) is 7.53. The van der Waals surface area contributed by atoms with Crippen molar-refractivity contribution in [3.05, 3.63) is 72.4 Å². The molecule has 0 radical (unpaired) electrons. The van der Waals surface area contributed by atoms with Gasteiger partial charge in [-0.2, -0.15) is 0 Å². The molecule has 3 rings (SSSR count). The third-order valence-corrected chi connectivity index (χ3v) is 3.97. The van der Waals surface area contributed by atoms with Crippen LogP contribution < -0.4 is 15.4 Å². The first-order valence-electron chi connectivity index (χ1n) is 7.65. The van der Waals surface area contributed by atoms with Gasteiger partial charge in [-0.25, -0.2) is 14.4 Å². The van der Waals surface area contributed by atoms with E-state index in [1.165, 1.54) is 18.5 Å². The average Bonchev–Trinajstić information content (AvgIpc) is 2.64. The lowest BCUT2D eigenvalue weighted by molar-refractivity contribution is 0.417. The van der Waals surface area contributed by atoms with E-state index < -0.39 is 5.82 Å². The minimum absolute atomic E-state index is 0.0275. The fourth-order valence-corrected chi connectivity index (χ4v) is 2.57. The number of aromatic nitrogens is 2. The van der Waals surface area contributed by atoms with Crippen molar-refractivity contribution >= 4 is 39.7 Å². The maximum absolute atomic E-state index is 13.4.